The molecule has 3 N–H and O–H groups in total. The number of benzene rings is 2. The van der Waals surface area contributed by atoms with Crippen molar-refractivity contribution in [1.82, 2.24) is 14.9 Å². The highest BCUT2D eigenvalue weighted by molar-refractivity contribution is 5.51. The molecule has 0 saturated heterocycles. The number of aromatic nitrogens is 2. The number of aromatic hydroxyl groups is 1. The highest BCUT2D eigenvalue weighted by Crippen LogP contribution is 2.33. The van der Waals surface area contributed by atoms with E-state index in [4.69, 9.17) is 4.74 Å². The number of nitrogens with zero attached hydrogens (tertiary/aromatic N) is 1. The second kappa shape index (κ2) is 7.36. The molecule has 2 heterocycles. The van der Waals surface area contributed by atoms with Crippen LogP contribution < -0.4 is 21.3 Å². The lowest BCUT2D eigenvalue weighted by Gasteiger charge is -2.27. The zero-order valence-corrected chi connectivity index (χ0v) is 15.4. The van der Waals surface area contributed by atoms with Gasteiger partial charge < -0.3 is 15.2 Å². The van der Waals surface area contributed by atoms with E-state index < -0.39 is 23.2 Å². The Morgan fingerprint density at radius 3 is 2.71 bits per heavy atom. The second-order valence-electron chi connectivity index (χ2n) is 6.57. The Hall–Kier alpha value is -3.32. The Balaban J connectivity index is 1.95. The summed E-state index contributed by atoms with van der Waals surface area (Å²) in [6.07, 6.45) is 0.832. The van der Waals surface area contributed by atoms with Crippen LogP contribution in [0.3, 0.4) is 0 Å². The van der Waals surface area contributed by atoms with Crippen LogP contribution in [-0.2, 0) is 6.42 Å². The summed E-state index contributed by atoms with van der Waals surface area (Å²) < 4.78 is 6.68. The number of aromatic amines is 1. The summed E-state index contributed by atoms with van der Waals surface area (Å²) in [5.41, 5.74) is 1.17. The molecule has 2 aromatic carbocycles. The van der Waals surface area contributed by atoms with Gasteiger partial charge in [0.1, 0.15) is 5.75 Å². The van der Waals surface area contributed by atoms with Gasteiger partial charge in [0.2, 0.25) is 5.88 Å². The Kier molecular flexibility index (Phi) is 4.75. The molecule has 0 amide bonds. The Labute approximate surface area is 161 Å². The van der Waals surface area contributed by atoms with E-state index in [1.54, 1.807) is 24.3 Å². The first-order valence-corrected chi connectivity index (χ1v) is 9.23. The lowest BCUT2D eigenvalue weighted by Crippen LogP contribution is -2.38. The van der Waals surface area contributed by atoms with E-state index in [1.165, 1.54) is 0 Å². The molecule has 1 aromatic heterocycles. The van der Waals surface area contributed by atoms with E-state index in [-0.39, 0.29) is 5.56 Å². The molecule has 0 unspecified atom stereocenters. The Morgan fingerprint density at radius 2 is 1.89 bits per heavy atom. The van der Waals surface area contributed by atoms with Crippen LogP contribution in [0.2, 0.25) is 0 Å². The molecule has 0 saturated carbocycles. The molecule has 0 radical (unpaired) electrons. The summed E-state index contributed by atoms with van der Waals surface area (Å²) in [5, 5.41) is 14.3. The number of para-hydroxylation sites is 2. The maximum absolute atomic E-state index is 12.7. The zero-order valence-electron chi connectivity index (χ0n) is 15.4. The molecule has 144 valence electrons. The highest BCUT2D eigenvalue weighted by atomic mass is 16.5. The molecule has 1 aliphatic heterocycles. The van der Waals surface area contributed by atoms with Crippen molar-refractivity contribution in [2.24, 2.45) is 0 Å². The molecule has 0 fully saturated rings. The first-order chi connectivity index (χ1) is 13.6. The SMILES string of the molecule is CCOc1ccccc1-n1c(O)c([C@@H]2NCCc3ccccc32)c(=O)[nH]c1=O. The van der Waals surface area contributed by atoms with E-state index in [2.05, 4.69) is 10.3 Å². The lowest BCUT2D eigenvalue weighted by atomic mass is 9.90. The highest BCUT2D eigenvalue weighted by Gasteiger charge is 2.29. The largest absolute Gasteiger partial charge is 0.494 e. The van der Waals surface area contributed by atoms with Crippen LogP contribution in [0.15, 0.2) is 58.1 Å². The van der Waals surface area contributed by atoms with Crippen molar-refractivity contribution in [3.63, 3.8) is 0 Å². The van der Waals surface area contributed by atoms with Crippen molar-refractivity contribution in [2.75, 3.05) is 13.2 Å². The minimum atomic E-state index is -0.720. The van der Waals surface area contributed by atoms with Crippen molar-refractivity contribution < 1.29 is 9.84 Å². The van der Waals surface area contributed by atoms with Crippen molar-refractivity contribution in [2.45, 2.75) is 19.4 Å². The minimum Gasteiger partial charge on any atom is -0.494 e. The third-order valence-corrected chi connectivity index (χ3v) is 4.92. The molecule has 3 aromatic rings. The summed E-state index contributed by atoms with van der Waals surface area (Å²) in [7, 11) is 0. The zero-order chi connectivity index (χ0) is 19.7. The van der Waals surface area contributed by atoms with E-state index in [9.17, 15) is 14.7 Å². The third kappa shape index (κ3) is 2.99. The number of nitrogens with one attached hydrogen (secondary N) is 2. The van der Waals surface area contributed by atoms with Crippen molar-refractivity contribution in [3.05, 3.63) is 86.1 Å². The van der Waals surface area contributed by atoms with Crippen LogP contribution in [0.5, 0.6) is 11.6 Å². The van der Waals surface area contributed by atoms with Crippen molar-refractivity contribution >= 4 is 0 Å². The predicted octanol–water partition coefficient (Wildman–Crippen LogP) is 1.87. The number of rotatable bonds is 4. The first kappa shape index (κ1) is 18.1. The van der Waals surface area contributed by atoms with Gasteiger partial charge >= 0.3 is 5.69 Å². The average Bonchev–Trinajstić information content (AvgIpc) is 2.69. The number of ether oxygens (including phenoxy) is 1. The van der Waals surface area contributed by atoms with Gasteiger partial charge in [-0.05, 0) is 36.6 Å². The van der Waals surface area contributed by atoms with Crippen molar-refractivity contribution in [3.8, 4) is 17.3 Å². The standard InChI is InChI=1S/C21H21N3O4/c1-2-28-16-10-6-5-9-15(16)24-20(26)17(19(25)23-21(24)27)18-14-8-4-3-7-13(14)11-12-22-18/h3-10,18,22,26H,2,11-12H2,1H3,(H,23,25,27)/t18-/m1/s1. The van der Waals surface area contributed by atoms with Crippen LogP contribution in [0.25, 0.3) is 5.69 Å². The third-order valence-electron chi connectivity index (χ3n) is 4.92. The van der Waals surface area contributed by atoms with Crippen LogP contribution in [0, 0.1) is 0 Å². The van der Waals surface area contributed by atoms with E-state index >= 15 is 0 Å². The smallest absolute Gasteiger partial charge is 0.335 e. The molecule has 1 aliphatic rings. The van der Waals surface area contributed by atoms with Crippen LogP contribution in [-0.4, -0.2) is 27.8 Å². The first-order valence-electron chi connectivity index (χ1n) is 9.23. The Bertz CT molecular complexity index is 1130. The number of hydrogen-bond donors (Lipinski definition) is 3. The van der Waals surface area contributed by atoms with E-state index in [0.717, 1.165) is 22.1 Å². The molecule has 0 aliphatic carbocycles. The van der Waals surface area contributed by atoms with E-state index in [1.807, 2.05) is 31.2 Å². The molecular weight excluding hydrogens is 358 g/mol. The average molecular weight is 379 g/mol. The predicted molar refractivity (Wildman–Crippen MR) is 105 cm³/mol. The quantitative estimate of drug-likeness (QED) is 0.643. The van der Waals surface area contributed by atoms with Gasteiger partial charge in [-0.1, -0.05) is 36.4 Å². The summed E-state index contributed by atoms with van der Waals surface area (Å²) in [4.78, 5) is 27.6. The molecular formula is C21H21N3O4. The van der Waals surface area contributed by atoms with E-state index in [0.29, 0.717) is 24.6 Å². The fourth-order valence-corrected chi connectivity index (χ4v) is 3.70. The molecule has 4 rings (SSSR count). The fourth-order valence-electron chi connectivity index (χ4n) is 3.70. The van der Waals surface area contributed by atoms with Gasteiger partial charge in [0, 0.05) is 6.54 Å². The number of fused-ring (bicyclic) bond motifs is 1. The summed E-state index contributed by atoms with van der Waals surface area (Å²) in [5.74, 6) is 0.0486. The van der Waals surface area contributed by atoms with Gasteiger partial charge in [0.25, 0.3) is 5.56 Å². The lowest BCUT2D eigenvalue weighted by molar-refractivity contribution is 0.336. The van der Waals surface area contributed by atoms with Gasteiger partial charge in [-0.3, -0.25) is 9.78 Å². The molecule has 0 bridgehead atoms. The van der Waals surface area contributed by atoms with Gasteiger partial charge in [0.15, 0.2) is 0 Å². The molecule has 28 heavy (non-hydrogen) atoms. The van der Waals surface area contributed by atoms with Crippen LogP contribution in [0.4, 0.5) is 0 Å². The van der Waals surface area contributed by atoms with Crippen LogP contribution in [0.1, 0.15) is 29.7 Å². The van der Waals surface area contributed by atoms with Gasteiger partial charge in [0.05, 0.1) is 23.9 Å². The maximum Gasteiger partial charge on any atom is 0.335 e. The van der Waals surface area contributed by atoms with Crippen molar-refractivity contribution in [1.29, 1.82) is 0 Å². The monoisotopic (exact) mass is 379 g/mol. The molecule has 7 nitrogen and oxygen atoms in total. The molecule has 0 spiro atoms. The molecule has 1 atom stereocenters. The Morgan fingerprint density at radius 1 is 1.14 bits per heavy atom. The van der Waals surface area contributed by atoms with Gasteiger partial charge in [-0.25, -0.2) is 9.36 Å². The normalized spacial score (nSPS) is 15.8. The number of hydrogen-bond acceptors (Lipinski definition) is 5. The molecule has 7 heteroatoms. The summed E-state index contributed by atoms with van der Waals surface area (Å²) in [6, 6.07) is 14.2. The maximum atomic E-state index is 12.7. The topological polar surface area (TPSA) is 96.3 Å². The van der Waals surface area contributed by atoms with Gasteiger partial charge in [-0.15, -0.1) is 0 Å². The fraction of sp³-hybridized carbons (Fsp3) is 0.238. The minimum absolute atomic E-state index is 0.109. The number of H-pyrrole nitrogens is 1. The summed E-state index contributed by atoms with van der Waals surface area (Å²) in [6.45, 7) is 2.90. The second-order valence-corrected chi connectivity index (χ2v) is 6.57. The van der Waals surface area contributed by atoms with Gasteiger partial charge in [-0.2, -0.15) is 0 Å². The van der Waals surface area contributed by atoms with Crippen LogP contribution >= 0.6 is 0 Å². The summed E-state index contributed by atoms with van der Waals surface area (Å²) >= 11 is 0.